The highest BCUT2D eigenvalue weighted by Gasteiger charge is 2.61. The van der Waals surface area contributed by atoms with Crippen LogP contribution in [-0.2, 0) is 16.6 Å². The first-order valence-electron chi connectivity index (χ1n) is 6.75. The molecule has 2 N–H and O–H groups in total. The minimum absolute atomic E-state index is 0.381. The van der Waals surface area contributed by atoms with Crippen LogP contribution < -0.4 is 0 Å². The summed E-state index contributed by atoms with van der Waals surface area (Å²) in [6.07, 6.45) is -0.289. The Labute approximate surface area is 116 Å². The number of hydrogen-bond acceptors (Lipinski definition) is 2. The lowest BCUT2D eigenvalue weighted by Gasteiger charge is -2.26. The zero-order chi connectivity index (χ0) is 13.9. The number of hydrogen-bond donors (Lipinski definition) is 2. The van der Waals surface area contributed by atoms with Gasteiger partial charge in [0.25, 0.3) is 0 Å². The van der Waals surface area contributed by atoms with Crippen LogP contribution in [0.1, 0.15) is 34.3 Å². The molecule has 4 rings (SSSR count). The Morgan fingerprint density at radius 1 is 1.05 bits per heavy atom. The Balaban J connectivity index is 2.03. The molecule has 0 heterocycles. The standard InChI is InChI=1S/C17H14O3/c18-15-12-7-3-4-8-13(12)17(16(19)20)9-10-5-1-2-6-11(10)14(15)17/h1-8,14-15,18H,9H2,(H,19,20)/t14-,15+,17-/m1/s1. The maximum atomic E-state index is 12.1. The number of aliphatic hydroxyl groups excluding tert-OH is 1. The third-order valence-electron chi connectivity index (χ3n) is 4.85. The molecular formula is C17H14O3. The molecule has 0 spiro atoms. The Kier molecular flexibility index (Phi) is 2.16. The topological polar surface area (TPSA) is 57.5 Å². The summed E-state index contributed by atoms with van der Waals surface area (Å²) < 4.78 is 0. The fraction of sp³-hybridized carbons (Fsp3) is 0.235. The molecular weight excluding hydrogens is 252 g/mol. The summed E-state index contributed by atoms with van der Waals surface area (Å²) in [5.74, 6) is -1.23. The molecule has 0 saturated heterocycles. The Hall–Kier alpha value is -2.13. The van der Waals surface area contributed by atoms with Gasteiger partial charge in [-0.15, -0.1) is 0 Å². The van der Waals surface area contributed by atoms with E-state index < -0.39 is 17.5 Å². The van der Waals surface area contributed by atoms with E-state index in [1.165, 1.54) is 0 Å². The van der Waals surface area contributed by atoms with Gasteiger partial charge in [0.1, 0.15) is 5.41 Å². The van der Waals surface area contributed by atoms with Crippen LogP contribution >= 0.6 is 0 Å². The fourth-order valence-corrected chi connectivity index (χ4v) is 4.04. The van der Waals surface area contributed by atoms with Crippen molar-refractivity contribution in [1.29, 1.82) is 0 Å². The molecule has 3 heteroatoms. The highest BCUT2D eigenvalue weighted by atomic mass is 16.4. The lowest BCUT2D eigenvalue weighted by molar-refractivity contribution is -0.145. The van der Waals surface area contributed by atoms with E-state index in [9.17, 15) is 15.0 Å². The molecule has 2 aliphatic carbocycles. The van der Waals surface area contributed by atoms with E-state index in [4.69, 9.17) is 0 Å². The Morgan fingerprint density at radius 3 is 2.45 bits per heavy atom. The van der Waals surface area contributed by atoms with Crippen molar-refractivity contribution in [3.05, 3.63) is 70.8 Å². The summed E-state index contributed by atoms with van der Waals surface area (Å²) in [6.45, 7) is 0. The fourth-order valence-electron chi connectivity index (χ4n) is 4.04. The molecule has 0 amide bonds. The third kappa shape index (κ3) is 1.17. The van der Waals surface area contributed by atoms with Gasteiger partial charge in [-0.1, -0.05) is 48.5 Å². The molecule has 0 aromatic heterocycles. The summed E-state index contributed by atoms with van der Waals surface area (Å²) in [6, 6.07) is 15.1. The van der Waals surface area contributed by atoms with Gasteiger partial charge in [0, 0.05) is 5.92 Å². The van der Waals surface area contributed by atoms with Crippen LogP contribution in [0.4, 0.5) is 0 Å². The molecule has 0 saturated carbocycles. The highest BCUT2D eigenvalue weighted by molar-refractivity contribution is 5.88. The van der Waals surface area contributed by atoms with Crippen molar-refractivity contribution in [3.63, 3.8) is 0 Å². The molecule has 2 aromatic rings. The van der Waals surface area contributed by atoms with Crippen LogP contribution in [0.25, 0.3) is 0 Å². The first kappa shape index (κ1) is 11.7. The molecule has 3 nitrogen and oxygen atoms in total. The Bertz CT molecular complexity index is 722. The lowest BCUT2D eigenvalue weighted by Crippen LogP contribution is -2.37. The number of carboxylic acids is 1. The van der Waals surface area contributed by atoms with Gasteiger partial charge in [-0.3, -0.25) is 4.79 Å². The molecule has 0 fully saturated rings. The number of aliphatic hydroxyl groups is 1. The van der Waals surface area contributed by atoms with E-state index in [1.54, 1.807) is 0 Å². The van der Waals surface area contributed by atoms with E-state index >= 15 is 0 Å². The van der Waals surface area contributed by atoms with Crippen LogP contribution in [0, 0.1) is 0 Å². The van der Waals surface area contributed by atoms with Crippen molar-refractivity contribution in [1.82, 2.24) is 0 Å². The monoisotopic (exact) mass is 266 g/mol. The molecule has 0 bridgehead atoms. The normalized spacial score (nSPS) is 29.6. The second-order valence-corrected chi connectivity index (χ2v) is 5.66. The van der Waals surface area contributed by atoms with Crippen molar-refractivity contribution in [3.8, 4) is 0 Å². The number of rotatable bonds is 1. The van der Waals surface area contributed by atoms with Crippen LogP contribution in [-0.4, -0.2) is 16.2 Å². The van der Waals surface area contributed by atoms with Gasteiger partial charge in [0.15, 0.2) is 0 Å². The molecule has 0 aliphatic heterocycles. The first-order valence-corrected chi connectivity index (χ1v) is 6.75. The number of fused-ring (bicyclic) bond motifs is 5. The molecule has 20 heavy (non-hydrogen) atoms. The molecule has 0 radical (unpaired) electrons. The van der Waals surface area contributed by atoms with Crippen molar-refractivity contribution in [2.24, 2.45) is 0 Å². The van der Waals surface area contributed by atoms with Crippen LogP contribution in [0.2, 0.25) is 0 Å². The van der Waals surface area contributed by atoms with Gasteiger partial charge in [0.05, 0.1) is 6.10 Å². The minimum atomic E-state index is -1.01. The van der Waals surface area contributed by atoms with Gasteiger partial charge in [0.2, 0.25) is 0 Å². The SMILES string of the molecule is O=C(O)[C@@]12Cc3ccccc3[C@@H]1[C@@H](O)c1ccccc12. The second kappa shape index (κ2) is 3.70. The minimum Gasteiger partial charge on any atom is -0.481 e. The summed E-state index contributed by atoms with van der Waals surface area (Å²) in [4.78, 5) is 12.1. The van der Waals surface area contributed by atoms with E-state index in [2.05, 4.69) is 0 Å². The number of carboxylic acid groups (broad SMARTS) is 1. The largest absolute Gasteiger partial charge is 0.481 e. The average Bonchev–Trinajstić information content (AvgIpc) is 2.93. The maximum absolute atomic E-state index is 12.1. The van der Waals surface area contributed by atoms with Crippen LogP contribution in [0.3, 0.4) is 0 Å². The summed E-state index contributed by atoms with van der Waals surface area (Å²) in [7, 11) is 0. The van der Waals surface area contributed by atoms with Gasteiger partial charge >= 0.3 is 5.97 Å². The van der Waals surface area contributed by atoms with Crippen molar-refractivity contribution in [2.45, 2.75) is 23.9 Å². The van der Waals surface area contributed by atoms with E-state index in [-0.39, 0.29) is 5.92 Å². The first-order chi connectivity index (χ1) is 9.66. The Morgan fingerprint density at radius 2 is 1.70 bits per heavy atom. The highest BCUT2D eigenvalue weighted by Crippen LogP contribution is 2.60. The molecule has 0 unspecified atom stereocenters. The van der Waals surface area contributed by atoms with Crippen molar-refractivity contribution in [2.75, 3.05) is 0 Å². The molecule has 100 valence electrons. The van der Waals surface area contributed by atoms with Crippen LogP contribution in [0.5, 0.6) is 0 Å². The summed E-state index contributed by atoms with van der Waals surface area (Å²) in [5.41, 5.74) is 2.52. The van der Waals surface area contributed by atoms with Crippen molar-refractivity contribution < 1.29 is 15.0 Å². The lowest BCUT2D eigenvalue weighted by atomic mass is 9.75. The number of carbonyl (C=O) groups is 1. The van der Waals surface area contributed by atoms with E-state index in [0.29, 0.717) is 6.42 Å². The summed E-state index contributed by atoms with van der Waals surface area (Å²) in [5, 5.41) is 20.5. The van der Waals surface area contributed by atoms with Gasteiger partial charge < -0.3 is 10.2 Å². The third-order valence-corrected chi connectivity index (χ3v) is 4.85. The predicted octanol–water partition coefficient (Wildman–Crippen LogP) is 2.40. The van der Waals surface area contributed by atoms with Crippen LogP contribution in [0.15, 0.2) is 48.5 Å². The number of aliphatic carboxylic acids is 1. The maximum Gasteiger partial charge on any atom is 0.315 e. The summed E-state index contributed by atoms with van der Waals surface area (Å²) >= 11 is 0. The van der Waals surface area contributed by atoms with Gasteiger partial charge in [-0.2, -0.15) is 0 Å². The van der Waals surface area contributed by atoms with Gasteiger partial charge in [-0.05, 0) is 28.7 Å². The molecule has 3 atom stereocenters. The molecule has 2 aliphatic rings. The van der Waals surface area contributed by atoms with Gasteiger partial charge in [-0.25, -0.2) is 0 Å². The zero-order valence-electron chi connectivity index (χ0n) is 10.8. The van der Waals surface area contributed by atoms with E-state index in [0.717, 1.165) is 22.3 Å². The second-order valence-electron chi connectivity index (χ2n) is 5.66. The molecule has 2 aromatic carbocycles. The predicted molar refractivity (Wildman–Crippen MR) is 73.6 cm³/mol. The zero-order valence-corrected chi connectivity index (χ0v) is 10.8. The van der Waals surface area contributed by atoms with E-state index in [1.807, 2.05) is 48.5 Å². The smallest absolute Gasteiger partial charge is 0.315 e. The number of benzene rings is 2. The average molecular weight is 266 g/mol. The quantitative estimate of drug-likeness (QED) is 0.833. The van der Waals surface area contributed by atoms with Crippen molar-refractivity contribution >= 4 is 5.97 Å².